The highest BCUT2D eigenvalue weighted by atomic mass is 16.6. The number of hydrogen-bond donors (Lipinski definition) is 1. The minimum Gasteiger partial charge on any atom is -0.478 e. The number of benzene rings is 1. The second kappa shape index (κ2) is 10.4. The van der Waals surface area contributed by atoms with Crippen molar-refractivity contribution in [2.45, 2.75) is 58.5 Å². The Hall–Kier alpha value is -3.43. The van der Waals surface area contributed by atoms with Crippen LogP contribution in [0.1, 0.15) is 46.3 Å². The van der Waals surface area contributed by atoms with Crippen LogP contribution in [0.3, 0.4) is 0 Å². The third-order valence-corrected chi connectivity index (χ3v) is 3.29. The van der Waals surface area contributed by atoms with Gasteiger partial charge < -0.3 is 24.1 Å². The lowest BCUT2D eigenvalue weighted by Gasteiger charge is -2.26. The van der Waals surface area contributed by atoms with E-state index in [0.29, 0.717) is 0 Å². The standard InChI is InChI=1S/C20H24O10/c1-11(21)27-15(17(23)24)16(28-12(2)22)18(25)29-14(13-9-7-6-8-10-13)19(26)30-20(3,4)5/h6-10,14-16H,1-5H3,(H,23,24)/t14-,15+,16+/m0/s1. The molecule has 164 valence electrons. The predicted molar refractivity (Wildman–Crippen MR) is 99.9 cm³/mol. The Labute approximate surface area is 173 Å². The molecule has 0 aliphatic heterocycles. The Morgan fingerprint density at radius 2 is 1.30 bits per heavy atom. The van der Waals surface area contributed by atoms with Crippen molar-refractivity contribution < 1.29 is 48.0 Å². The van der Waals surface area contributed by atoms with Gasteiger partial charge in [0.05, 0.1) is 0 Å². The van der Waals surface area contributed by atoms with E-state index in [2.05, 4.69) is 4.74 Å². The van der Waals surface area contributed by atoms with Crippen LogP contribution in [0.2, 0.25) is 0 Å². The topological polar surface area (TPSA) is 142 Å². The van der Waals surface area contributed by atoms with Crippen molar-refractivity contribution in [3.8, 4) is 0 Å². The summed E-state index contributed by atoms with van der Waals surface area (Å²) in [5, 5.41) is 9.30. The van der Waals surface area contributed by atoms with Crippen molar-refractivity contribution >= 4 is 29.8 Å². The zero-order valence-corrected chi connectivity index (χ0v) is 17.2. The number of aliphatic carboxylic acids is 1. The summed E-state index contributed by atoms with van der Waals surface area (Å²) in [7, 11) is 0. The minimum atomic E-state index is -2.17. The van der Waals surface area contributed by atoms with E-state index in [1.54, 1.807) is 39.0 Å². The molecular formula is C20H24O10. The van der Waals surface area contributed by atoms with Gasteiger partial charge >= 0.3 is 29.8 Å². The zero-order valence-electron chi connectivity index (χ0n) is 17.2. The van der Waals surface area contributed by atoms with Crippen LogP contribution in [-0.2, 0) is 42.9 Å². The molecule has 10 nitrogen and oxygen atoms in total. The predicted octanol–water partition coefficient (Wildman–Crippen LogP) is 1.56. The molecule has 0 aliphatic rings. The van der Waals surface area contributed by atoms with Crippen LogP contribution < -0.4 is 0 Å². The van der Waals surface area contributed by atoms with Gasteiger partial charge in [-0.15, -0.1) is 0 Å². The average molecular weight is 424 g/mol. The minimum absolute atomic E-state index is 0.237. The van der Waals surface area contributed by atoms with E-state index in [-0.39, 0.29) is 5.56 Å². The van der Waals surface area contributed by atoms with Crippen molar-refractivity contribution in [1.29, 1.82) is 0 Å². The van der Waals surface area contributed by atoms with Crippen molar-refractivity contribution in [3.63, 3.8) is 0 Å². The first-order valence-corrected chi connectivity index (χ1v) is 8.87. The maximum absolute atomic E-state index is 12.7. The second-order valence-electron chi connectivity index (χ2n) is 7.16. The molecule has 3 atom stereocenters. The fourth-order valence-corrected chi connectivity index (χ4v) is 2.25. The number of ether oxygens (including phenoxy) is 4. The lowest BCUT2D eigenvalue weighted by atomic mass is 10.1. The number of esters is 4. The lowest BCUT2D eigenvalue weighted by Crippen LogP contribution is -2.47. The molecule has 30 heavy (non-hydrogen) atoms. The molecule has 0 aromatic heterocycles. The molecule has 0 spiro atoms. The highest BCUT2D eigenvalue weighted by Gasteiger charge is 2.43. The van der Waals surface area contributed by atoms with E-state index >= 15 is 0 Å². The Kier molecular flexibility index (Phi) is 8.51. The molecule has 0 aliphatic carbocycles. The Bertz CT molecular complexity index is 794. The molecule has 0 heterocycles. The van der Waals surface area contributed by atoms with Gasteiger partial charge in [0.1, 0.15) is 5.60 Å². The molecule has 0 saturated heterocycles. The van der Waals surface area contributed by atoms with Crippen LogP contribution in [0.4, 0.5) is 0 Å². The SMILES string of the molecule is CC(=O)O[C@@H](C(=O)O)[C@@H](OC(C)=O)C(=O)O[C@H](C(=O)OC(C)(C)C)c1ccccc1. The fraction of sp³-hybridized carbons (Fsp3) is 0.450. The average Bonchev–Trinajstić information content (AvgIpc) is 2.60. The fourth-order valence-electron chi connectivity index (χ4n) is 2.25. The molecule has 0 radical (unpaired) electrons. The summed E-state index contributed by atoms with van der Waals surface area (Å²) in [6, 6.07) is 7.82. The van der Waals surface area contributed by atoms with E-state index in [9.17, 15) is 29.1 Å². The number of carbonyl (C=O) groups is 5. The van der Waals surface area contributed by atoms with Crippen molar-refractivity contribution in [1.82, 2.24) is 0 Å². The monoisotopic (exact) mass is 424 g/mol. The van der Waals surface area contributed by atoms with Crippen molar-refractivity contribution in [3.05, 3.63) is 35.9 Å². The van der Waals surface area contributed by atoms with Crippen LogP contribution in [-0.4, -0.2) is 52.8 Å². The molecule has 1 rings (SSSR count). The van der Waals surface area contributed by atoms with Crippen molar-refractivity contribution in [2.24, 2.45) is 0 Å². The van der Waals surface area contributed by atoms with Crippen LogP contribution in [0.25, 0.3) is 0 Å². The first kappa shape index (κ1) is 24.6. The molecule has 10 heteroatoms. The third-order valence-electron chi connectivity index (χ3n) is 3.29. The maximum atomic E-state index is 12.7. The van der Waals surface area contributed by atoms with Gasteiger partial charge in [0.15, 0.2) is 0 Å². The molecule has 0 bridgehead atoms. The zero-order chi connectivity index (χ0) is 23.1. The molecule has 1 N–H and O–H groups in total. The van der Waals surface area contributed by atoms with Gasteiger partial charge in [-0.25, -0.2) is 14.4 Å². The first-order valence-electron chi connectivity index (χ1n) is 8.87. The molecule has 1 aromatic rings. The largest absolute Gasteiger partial charge is 0.478 e. The van der Waals surface area contributed by atoms with Gasteiger partial charge in [-0.3, -0.25) is 9.59 Å². The van der Waals surface area contributed by atoms with Gasteiger partial charge in [0, 0.05) is 19.4 Å². The van der Waals surface area contributed by atoms with Gasteiger partial charge in [-0.05, 0) is 20.8 Å². The van der Waals surface area contributed by atoms with E-state index in [1.807, 2.05) is 0 Å². The van der Waals surface area contributed by atoms with Gasteiger partial charge in [0.2, 0.25) is 18.3 Å². The summed E-state index contributed by atoms with van der Waals surface area (Å²) in [4.78, 5) is 59.4. The highest BCUT2D eigenvalue weighted by molar-refractivity contribution is 5.90. The van der Waals surface area contributed by atoms with Crippen LogP contribution in [0.15, 0.2) is 30.3 Å². The van der Waals surface area contributed by atoms with E-state index in [4.69, 9.17) is 14.2 Å². The molecule has 0 fully saturated rings. The molecule has 0 saturated carbocycles. The maximum Gasteiger partial charge on any atom is 0.353 e. The van der Waals surface area contributed by atoms with Crippen LogP contribution >= 0.6 is 0 Å². The second-order valence-corrected chi connectivity index (χ2v) is 7.16. The summed E-state index contributed by atoms with van der Waals surface area (Å²) < 4.78 is 19.8. The van der Waals surface area contributed by atoms with E-state index < -0.39 is 53.8 Å². The summed E-state index contributed by atoms with van der Waals surface area (Å²) in [5.41, 5.74) is -0.673. The number of carboxylic acid groups (broad SMARTS) is 1. The van der Waals surface area contributed by atoms with Crippen molar-refractivity contribution in [2.75, 3.05) is 0 Å². The molecular weight excluding hydrogens is 400 g/mol. The number of carbonyl (C=O) groups excluding carboxylic acids is 4. The first-order chi connectivity index (χ1) is 13.8. The molecule has 0 amide bonds. The summed E-state index contributed by atoms with van der Waals surface area (Å²) in [5.74, 6) is -6.13. The molecule has 1 aromatic carbocycles. The number of hydrogen-bond acceptors (Lipinski definition) is 9. The number of rotatable bonds is 8. The van der Waals surface area contributed by atoms with Gasteiger partial charge in [0.25, 0.3) is 0 Å². The van der Waals surface area contributed by atoms with E-state index in [1.165, 1.54) is 12.1 Å². The van der Waals surface area contributed by atoms with Gasteiger partial charge in [-0.1, -0.05) is 30.3 Å². The van der Waals surface area contributed by atoms with Crippen LogP contribution in [0.5, 0.6) is 0 Å². The Balaban J connectivity index is 3.26. The highest BCUT2D eigenvalue weighted by Crippen LogP contribution is 2.24. The van der Waals surface area contributed by atoms with E-state index in [0.717, 1.165) is 13.8 Å². The normalized spacial score (nSPS) is 13.9. The third kappa shape index (κ3) is 7.90. The lowest BCUT2D eigenvalue weighted by molar-refractivity contribution is -0.195. The smallest absolute Gasteiger partial charge is 0.353 e. The quantitative estimate of drug-likeness (QED) is 0.482. The summed E-state index contributed by atoms with van der Waals surface area (Å²) in [6.07, 6.45) is -5.89. The van der Waals surface area contributed by atoms with Crippen LogP contribution in [0, 0.1) is 0 Å². The summed E-state index contributed by atoms with van der Waals surface area (Å²) >= 11 is 0. The Morgan fingerprint density at radius 3 is 1.73 bits per heavy atom. The summed E-state index contributed by atoms with van der Waals surface area (Å²) in [6.45, 7) is 6.67. The molecule has 0 unspecified atom stereocenters. The Morgan fingerprint density at radius 1 is 0.800 bits per heavy atom. The van der Waals surface area contributed by atoms with Gasteiger partial charge in [-0.2, -0.15) is 0 Å². The number of carboxylic acids is 1.